The summed E-state index contributed by atoms with van der Waals surface area (Å²) in [5, 5.41) is 3.55. The summed E-state index contributed by atoms with van der Waals surface area (Å²) in [4.78, 5) is 27.8. The summed E-state index contributed by atoms with van der Waals surface area (Å²) >= 11 is 5.96. The van der Waals surface area contributed by atoms with Crippen molar-refractivity contribution in [3.05, 3.63) is 94.5 Å². The van der Waals surface area contributed by atoms with E-state index in [1.54, 1.807) is 24.0 Å². The molecule has 1 unspecified atom stereocenters. The van der Waals surface area contributed by atoms with Crippen molar-refractivity contribution in [1.29, 1.82) is 0 Å². The van der Waals surface area contributed by atoms with Gasteiger partial charge in [-0.05, 0) is 47.9 Å². The molecule has 3 aromatic carbocycles. The number of hydrogen-bond acceptors (Lipinski definition) is 4. The summed E-state index contributed by atoms with van der Waals surface area (Å²) in [5.74, 6) is 0.999. The van der Waals surface area contributed by atoms with Gasteiger partial charge in [-0.25, -0.2) is 0 Å². The van der Waals surface area contributed by atoms with Gasteiger partial charge in [0, 0.05) is 18.1 Å². The minimum atomic E-state index is -0.654. The van der Waals surface area contributed by atoms with E-state index < -0.39 is 6.04 Å². The first-order chi connectivity index (χ1) is 16.0. The summed E-state index contributed by atoms with van der Waals surface area (Å²) < 4.78 is 10.7. The van der Waals surface area contributed by atoms with Crippen LogP contribution in [-0.2, 0) is 29.1 Å². The van der Waals surface area contributed by atoms with Crippen molar-refractivity contribution in [3.63, 3.8) is 0 Å². The van der Waals surface area contributed by atoms with Crippen LogP contribution < -0.4 is 14.8 Å². The molecule has 1 atom stereocenters. The lowest BCUT2D eigenvalue weighted by molar-refractivity contribution is -0.140. The third kappa shape index (κ3) is 5.84. The lowest BCUT2D eigenvalue weighted by atomic mass is 10.1. The monoisotopic (exact) mass is 464 g/mol. The minimum absolute atomic E-state index is 0.132. The van der Waals surface area contributed by atoms with Gasteiger partial charge in [-0.3, -0.25) is 9.59 Å². The number of benzene rings is 3. The summed E-state index contributed by atoms with van der Waals surface area (Å²) in [6.45, 7) is 2.61. The Labute approximate surface area is 198 Å². The molecule has 0 fully saturated rings. The molecular weight excluding hydrogens is 440 g/mol. The normalized spacial score (nSPS) is 12.8. The molecule has 1 N–H and O–H groups in total. The van der Waals surface area contributed by atoms with Crippen LogP contribution in [0.5, 0.6) is 11.5 Å². The van der Waals surface area contributed by atoms with Gasteiger partial charge in [0.15, 0.2) is 11.5 Å². The van der Waals surface area contributed by atoms with E-state index in [-0.39, 0.29) is 25.0 Å². The number of hydrogen-bond donors (Lipinski definition) is 1. The van der Waals surface area contributed by atoms with Crippen molar-refractivity contribution >= 4 is 23.4 Å². The van der Waals surface area contributed by atoms with Crippen LogP contribution in [0.1, 0.15) is 23.6 Å². The molecule has 0 radical (unpaired) electrons. The van der Waals surface area contributed by atoms with Gasteiger partial charge in [-0.15, -0.1) is 0 Å². The summed E-state index contributed by atoms with van der Waals surface area (Å²) in [6, 6.07) is 21.7. The Bertz CT molecular complexity index is 1120. The summed E-state index contributed by atoms with van der Waals surface area (Å²) in [6.07, 6.45) is 0.184. The van der Waals surface area contributed by atoms with Crippen molar-refractivity contribution in [1.82, 2.24) is 10.2 Å². The van der Waals surface area contributed by atoms with Crippen LogP contribution in [0.4, 0.5) is 0 Å². The first kappa shape index (κ1) is 22.7. The smallest absolute Gasteiger partial charge is 0.242 e. The molecule has 0 bridgehead atoms. The average molecular weight is 465 g/mol. The highest BCUT2D eigenvalue weighted by molar-refractivity contribution is 6.30. The minimum Gasteiger partial charge on any atom is -0.454 e. The van der Waals surface area contributed by atoms with Gasteiger partial charge in [0.05, 0.1) is 6.42 Å². The van der Waals surface area contributed by atoms with Crippen molar-refractivity contribution in [2.45, 2.75) is 32.5 Å². The number of amides is 2. The number of rotatable bonds is 8. The maximum Gasteiger partial charge on any atom is 0.242 e. The molecule has 0 spiro atoms. The predicted octanol–water partition coefficient (Wildman–Crippen LogP) is 4.34. The molecule has 1 heterocycles. The Kier molecular flexibility index (Phi) is 7.15. The van der Waals surface area contributed by atoms with Gasteiger partial charge in [0.25, 0.3) is 0 Å². The zero-order valence-electron chi connectivity index (χ0n) is 18.3. The fraction of sp³-hybridized carbons (Fsp3) is 0.231. The van der Waals surface area contributed by atoms with Gasteiger partial charge in [-0.1, -0.05) is 60.1 Å². The van der Waals surface area contributed by atoms with Crippen LogP contribution in [0.25, 0.3) is 0 Å². The Morgan fingerprint density at radius 1 is 0.939 bits per heavy atom. The molecule has 0 aliphatic carbocycles. The lowest BCUT2D eigenvalue weighted by Crippen LogP contribution is -2.47. The molecule has 4 rings (SSSR count). The second kappa shape index (κ2) is 10.4. The summed E-state index contributed by atoms with van der Waals surface area (Å²) in [5.41, 5.74) is 2.69. The molecule has 1 aliphatic heterocycles. The zero-order chi connectivity index (χ0) is 23.2. The molecule has 33 heavy (non-hydrogen) atoms. The quantitative estimate of drug-likeness (QED) is 0.538. The third-order valence-electron chi connectivity index (χ3n) is 5.54. The second-order valence-electron chi connectivity index (χ2n) is 7.89. The molecule has 2 amide bonds. The van der Waals surface area contributed by atoms with Crippen LogP contribution in [-0.4, -0.2) is 29.5 Å². The highest BCUT2D eigenvalue weighted by Crippen LogP contribution is 2.32. The third-order valence-corrected chi connectivity index (χ3v) is 5.79. The number of halogens is 1. The number of nitrogens with one attached hydrogen (secondary N) is 1. The van der Waals surface area contributed by atoms with E-state index in [1.165, 1.54) is 0 Å². The van der Waals surface area contributed by atoms with Crippen LogP contribution in [0.15, 0.2) is 72.8 Å². The van der Waals surface area contributed by atoms with Crippen LogP contribution in [0.2, 0.25) is 5.02 Å². The van der Waals surface area contributed by atoms with E-state index in [1.807, 2.05) is 60.7 Å². The molecule has 7 heteroatoms. The Hall–Kier alpha value is -3.51. The maximum absolute atomic E-state index is 13.2. The van der Waals surface area contributed by atoms with E-state index in [0.717, 1.165) is 16.7 Å². The van der Waals surface area contributed by atoms with E-state index in [0.29, 0.717) is 29.6 Å². The zero-order valence-corrected chi connectivity index (χ0v) is 19.0. The molecular formula is C26H25ClN2O4. The first-order valence-corrected chi connectivity index (χ1v) is 11.1. The van der Waals surface area contributed by atoms with Crippen molar-refractivity contribution < 1.29 is 19.1 Å². The highest BCUT2D eigenvalue weighted by Gasteiger charge is 2.26. The van der Waals surface area contributed by atoms with Gasteiger partial charge >= 0.3 is 0 Å². The first-order valence-electron chi connectivity index (χ1n) is 10.7. The second-order valence-corrected chi connectivity index (χ2v) is 8.33. The van der Waals surface area contributed by atoms with E-state index in [9.17, 15) is 9.59 Å². The lowest BCUT2D eigenvalue weighted by Gasteiger charge is -2.29. The van der Waals surface area contributed by atoms with Gasteiger partial charge in [0.2, 0.25) is 18.6 Å². The van der Waals surface area contributed by atoms with Crippen molar-refractivity contribution in [2.24, 2.45) is 0 Å². The Balaban J connectivity index is 1.45. The highest BCUT2D eigenvalue weighted by atomic mass is 35.5. The van der Waals surface area contributed by atoms with E-state index >= 15 is 0 Å². The number of fused-ring (bicyclic) bond motifs is 1. The maximum atomic E-state index is 13.2. The van der Waals surface area contributed by atoms with Crippen LogP contribution >= 0.6 is 11.6 Å². The Morgan fingerprint density at radius 2 is 1.64 bits per heavy atom. The molecule has 1 aliphatic rings. The molecule has 3 aromatic rings. The molecule has 6 nitrogen and oxygen atoms in total. The number of carbonyl (C=O) groups excluding carboxylic acids is 2. The van der Waals surface area contributed by atoms with Gasteiger partial charge in [0.1, 0.15) is 6.04 Å². The average Bonchev–Trinajstić information content (AvgIpc) is 3.30. The van der Waals surface area contributed by atoms with Crippen molar-refractivity contribution in [2.75, 3.05) is 6.79 Å². The van der Waals surface area contributed by atoms with Crippen LogP contribution in [0, 0.1) is 0 Å². The predicted molar refractivity (Wildman–Crippen MR) is 126 cm³/mol. The van der Waals surface area contributed by atoms with E-state index in [2.05, 4.69) is 5.32 Å². The fourth-order valence-corrected chi connectivity index (χ4v) is 3.75. The molecule has 170 valence electrons. The Morgan fingerprint density at radius 3 is 2.39 bits per heavy atom. The van der Waals surface area contributed by atoms with Gasteiger partial charge < -0.3 is 19.7 Å². The molecule has 0 aromatic heterocycles. The van der Waals surface area contributed by atoms with Gasteiger partial charge in [-0.2, -0.15) is 0 Å². The van der Waals surface area contributed by atoms with E-state index in [4.69, 9.17) is 21.1 Å². The standard InChI is InChI=1S/C26H25ClN2O4/c1-18(26(31)28-15-21-9-12-23-24(13-21)33-17-32-23)29(16-20-5-3-2-4-6-20)25(30)14-19-7-10-22(27)11-8-19/h2-13,18H,14-17H2,1H3,(H,28,31). The molecule has 0 saturated heterocycles. The number of ether oxygens (including phenoxy) is 2. The largest absolute Gasteiger partial charge is 0.454 e. The SMILES string of the molecule is CC(C(=O)NCc1ccc2c(c1)OCO2)N(Cc1ccccc1)C(=O)Cc1ccc(Cl)cc1. The summed E-state index contributed by atoms with van der Waals surface area (Å²) in [7, 11) is 0. The molecule has 0 saturated carbocycles. The fourth-order valence-electron chi connectivity index (χ4n) is 3.63. The number of carbonyl (C=O) groups is 2. The van der Waals surface area contributed by atoms with Crippen LogP contribution in [0.3, 0.4) is 0 Å². The topological polar surface area (TPSA) is 67.9 Å². The van der Waals surface area contributed by atoms with Crippen molar-refractivity contribution in [3.8, 4) is 11.5 Å². The number of nitrogens with zero attached hydrogens (tertiary/aromatic N) is 1.